The van der Waals surface area contributed by atoms with Gasteiger partial charge in [-0.3, -0.25) is 9.71 Å². The number of nitrogens with one attached hydrogen (secondary N) is 1. The van der Waals surface area contributed by atoms with Crippen LogP contribution in [0.5, 0.6) is 0 Å². The molecule has 0 unspecified atom stereocenters. The largest absolute Gasteiger partial charge is 0.280 e. The van der Waals surface area contributed by atoms with Crippen molar-refractivity contribution in [1.82, 2.24) is 4.98 Å². The summed E-state index contributed by atoms with van der Waals surface area (Å²) in [4.78, 5) is 3.89. The molecule has 0 atom stereocenters. The van der Waals surface area contributed by atoms with E-state index in [-0.39, 0.29) is 15.5 Å². The number of nitrogens with zero attached hydrogens (tertiary/aromatic N) is 1. The van der Waals surface area contributed by atoms with E-state index in [0.717, 1.165) is 0 Å². The Morgan fingerprint density at radius 1 is 0.905 bits per heavy atom. The fourth-order valence-electron chi connectivity index (χ4n) is 1.63. The van der Waals surface area contributed by atoms with Crippen LogP contribution >= 0.6 is 0 Å². The zero-order valence-electron chi connectivity index (χ0n) is 11.2. The maximum absolute atomic E-state index is 12.2. The number of sulfonamides is 1. The van der Waals surface area contributed by atoms with Crippen molar-refractivity contribution in [3.8, 4) is 0 Å². The number of aromatic nitrogens is 1. The van der Waals surface area contributed by atoms with Gasteiger partial charge in [0.2, 0.25) is 0 Å². The highest BCUT2D eigenvalue weighted by molar-refractivity contribution is 7.92. The first-order valence-corrected chi connectivity index (χ1v) is 9.24. The lowest BCUT2D eigenvalue weighted by Crippen LogP contribution is -2.13. The van der Waals surface area contributed by atoms with Crippen LogP contribution in [-0.4, -0.2) is 27.6 Å². The molecule has 2 aromatic rings. The summed E-state index contributed by atoms with van der Waals surface area (Å²) in [5.74, 6) is -0.0334. The molecular weight excluding hydrogens is 312 g/mol. The van der Waals surface area contributed by atoms with Crippen LogP contribution in [0, 0.1) is 0 Å². The lowest BCUT2D eigenvalue weighted by molar-refractivity contribution is 0.595. The van der Waals surface area contributed by atoms with Crippen molar-refractivity contribution in [3.05, 3.63) is 48.8 Å². The van der Waals surface area contributed by atoms with Crippen molar-refractivity contribution < 1.29 is 16.8 Å². The molecule has 0 saturated heterocycles. The highest BCUT2D eigenvalue weighted by Crippen LogP contribution is 2.18. The van der Waals surface area contributed by atoms with Gasteiger partial charge in [-0.15, -0.1) is 0 Å². The molecule has 0 aliphatic heterocycles. The van der Waals surface area contributed by atoms with Crippen molar-refractivity contribution in [2.24, 2.45) is 0 Å². The van der Waals surface area contributed by atoms with Gasteiger partial charge in [0, 0.05) is 12.4 Å². The summed E-state index contributed by atoms with van der Waals surface area (Å²) >= 11 is 0. The summed E-state index contributed by atoms with van der Waals surface area (Å²) in [7, 11) is -7.10. The molecule has 0 spiro atoms. The van der Waals surface area contributed by atoms with Gasteiger partial charge in [0.1, 0.15) is 0 Å². The summed E-state index contributed by atoms with van der Waals surface area (Å²) < 4.78 is 50.1. The Bertz CT molecular complexity index is 814. The lowest BCUT2D eigenvalue weighted by Gasteiger charge is -2.08. The van der Waals surface area contributed by atoms with Gasteiger partial charge in [-0.25, -0.2) is 16.8 Å². The van der Waals surface area contributed by atoms with Crippen LogP contribution in [0.2, 0.25) is 0 Å². The van der Waals surface area contributed by atoms with Crippen LogP contribution in [0.25, 0.3) is 0 Å². The molecule has 0 aliphatic rings. The van der Waals surface area contributed by atoms with E-state index in [0.29, 0.717) is 5.69 Å². The number of sulfone groups is 1. The predicted molar refractivity (Wildman–Crippen MR) is 79.2 cm³/mol. The second-order valence-corrected chi connectivity index (χ2v) is 8.18. The van der Waals surface area contributed by atoms with Crippen molar-refractivity contribution in [3.63, 3.8) is 0 Å². The van der Waals surface area contributed by atoms with Crippen LogP contribution in [0.3, 0.4) is 0 Å². The summed E-state index contributed by atoms with van der Waals surface area (Å²) in [6.45, 7) is 1.53. The molecule has 0 aliphatic carbocycles. The Morgan fingerprint density at radius 2 is 1.43 bits per heavy atom. The average Bonchev–Trinajstić information content (AvgIpc) is 2.48. The second-order valence-electron chi connectivity index (χ2n) is 4.22. The van der Waals surface area contributed by atoms with E-state index < -0.39 is 19.9 Å². The summed E-state index contributed by atoms with van der Waals surface area (Å²) in [6, 6.07) is 8.17. The molecule has 8 heteroatoms. The molecule has 0 amide bonds. The predicted octanol–water partition coefficient (Wildman–Crippen LogP) is 1.68. The Kier molecular flexibility index (Phi) is 4.29. The third-order valence-electron chi connectivity index (χ3n) is 2.81. The van der Waals surface area contributed by atoms with Crippen LogP contribution in [0.4, 0.5) is 5.69 Å². The van der Waals surface area contributed by atoms with Crippen LogP contribution in [-0.2, 0) is 19.9 Å². The number of rotatable bonds is 5. The number of benzene rings is 1. The smallest absolute Gasteiger partial charge is 0.261 e. The first kappa shape index (κ1) is 15.5. The van der Waals surface area contributed by atoms with E-state index in [9.17, 15) is 16.8 Å². The normalized spacial score (nSPS) is 12.0. The fourth-order valence-corrected chi connectivity index (χ4v) is 3.57. The fraction of sp³-hybridized carbons (Fsp3) is 0.154. The molecule has 1 N–H and O–H groups in total. The zero-order valence-corrected chi connectivity index (χ0v) is 12.9. The van der Waals surface area contributed by atoms with E-state index in [1.54, 1.807) is 0 Å². The second kappa shape index (κ2) is 5.82. The molecule has 6 nitrogen and oxygen atoms in total. The minimum absolute atomic E-state index is 0.00522. The van der Waals surface area contributed by atoms with Gasteiger partial charge in [-0.1, -0.05) is 6.92 Å². The van der Waals surface area contributed by atoms with E-state index in [1.807, 2.05) is 0 Å². The van der Waals surface area contributed by atoms with E-state index >= 15 is 0 Å². The van der Waals surface area contributed by atoms with E-state index in [4.69, 9.17) is 0 Å². The summed E-state index contributed by atoms with van der Waals surface area (Å²) in [5.41, 5.74) is 0.384. The summed E-state index contributed by atoms with van der Waals surface area (Å²) in [5, 5.41) is 0. The number of anilines is 1. The molecule has 0 radical (unpaired) electrons. The zero-order chi connectivity index (χ0) is 15.5. The first-order valence-electron chi connectivity index (χ1n) is 6.11. The quantitative estimate of drug-likeness (QED) is 0.902. The topological polar surface area (TPSA) is 93.2 Å². The monoisotopic (exact) mass is 326 g/mol. The van der Waals surface area contributed by atoms with Gasteiger partial charge in [0.25, 0.3) is 10.0 Å². The van der Waals surface area contributed by atoms with E-state index in [2.05, 4.69) is 9.71 Å². The third kappa shape index (κ3) is 3.59. The molecule has 1 aromatic heterocycles. The van der Waals surface area contributed by atoms with Crippen LogP contribution in [0.15, 0.2) is 58.6 Å². The molecule has 0 saturated carbocycles. The van der Waals surface area contributed by atoms with Crippen LogP contribution in [0.1, 0.15) is 6.92 Å². The number of hydrogen-bond donors (Lipinski definition) is 1. The Hall–Kier alpha value is -1.93. The van der Waals surface area contributed by atoms with Crippen molar-refractivity contribution in [1.29, 1.82) is 0 Å². The molecule has 0 fully saturated rings. The maximum Gasteiger partial charge on any atom is 0.261 e. The van der Waals surface area contributed by atoms with Crippen LogP contribution < -0.4 is 4.72 Å². The minimum Gasteiger partial charge on any atom is -0.280 e. The SMILES string of the molecule is CCS(=O)(=O)c1ccc(S(=O)(=O)Nc2ccncc2)cc1. The van der Waals surface area contributed by atoms with Gasteiger partial charge in [-0.05, 0) is 36.4 Å². The maximum atomic E-state index is 12.2. The summed E-state index contributed by atoms with van der Waals surface area (Å²) in [6.07, 6.45) is 2.93. The van der Waals surface area contributed by atoms with Gasteiger partial charge in [-0.2, -0.15) is 0 Å². The van der Waals surface area contributed by atoms with Crippen molar-refractivity contribution in [2.45, 2.75) is 16.7 Å². The average molecular weight is 326 g/mol. The molecule has 0 bridgehead atoms. The van der Waals surface area contributed by atoms with Gasteiger partial charge < -0.3 is 0 Å². The molecule has 112 valence electrons. The van der Waals surface area contributed by atoms with Crippen molar-refractivity contribution in [2.75, 3.05) is 10.5 Å². The number of pyridine rings is 1. The third-order valence-corrected chi connectivity index (χ3v) is 5.95. The molecule has 2 rings (SSSR count). The Labute approximate surface area is 123 Å². The lowest BCUT2D eigenvalue weighted by atomic mass is 10.4. The molecular formula is C13H14N2O4S2. The standard InChI is InChI=1S/C13H14N2O4S2/c1-2-20(16,17)12-3-5-13(6-4-12)21(18,19)15-11-7-9-14-10-8-11/h3-10H,2H2,1H3,(H,14,15). The van der Waals surface area contributed by atoms with Crippen molar-refractivity contribution >= 4 is 25.5 Å². The number of hydrogen-bond acceptors (Lipinski definition) is 5. The molecule has 1 aromatic carbocycles. The highest BCUT2D eigenvalue weighted by Gasteiger charge is 2.16. The molecule has 1 heterocycles. The minimum atomic E-state index is -3.75. The highest BCUT2D eigenvalue weighted by atomic mass is 32.2. The Morgan fingerprint density at radius 3 is 1.95 bits per heavy atom. The van der Waals surface area contributed by atoms with Gasteiger partial charge >= 0.3 is 0 Å². The van der Waals surface area contributed by atoms with Gasteiger partial charge in [0.15, 0.2) is 9.84 Å². The first-order chi connectivity index (χ1) is 9.85. The van der Waals surface area contributed by atoms with Gasteiger partial charge in [0.05, 0.1) is 21.2 Å². The Balaban J connectivity index is 2.30. The molecule has 21 heavy (non-hydrogen) atoms. The van der Waals surface area contributed by atoms with E-state index in [1.165, 1.54) is 55.7 Å².